The van der Waals surface area contributed by atoms with Crippen molar-refractivity contribution in [2.75, 3.05) is 20.0 Å². The summed E-state index contributed by atoms with van der Waals surface area (Å²) in [6.07, 6.45) is 2.17. The minimum atomic E-state index is 0.00953. The molecule has 1 aromatic heterocycles. The third-order valence-electron chi connectivity index (χ3n) is 4.45. The predicted octanol–water partition coefficient (Wildman–Crippen LogP) is 2.69. The molecule has 25 heavy (non-hydrogen) atoms. The minimum Gasteiger partial charge on any atom is -0.493 e. The number of pyridine rings is 1. The number of anilines is 1. The third kappa shape index (κ3) is 2.97. The Morgan fingerprint density at radius 3 is 2.72 bits per heavy atom. The van der Waals surface area contributed by atoms with E-state index in [2.05, 4.69) is 11.1 Å². The topological polar surface area (TPSA) is 107 Å². The summed E-state index contributed by atoms with van der Waals surface area (Å²) in [6, 6.07) is 5.59. The number of fused-ring (bicyclic) bond motifs is 1. The number of hydrogen-bond acceptors (Lipinski definition) is 6. The monoisotopic (exact) mass is 358 g/mol. The molecule has 2 aromatic rings. The van der Waals surface area contributed by atoms with Crippen LogP contribution in [0.2, 0.25) is 5.02 Å². The Morgan fingerprint density at radius 1 is 1.32 bits per heavy atom. The second-order valence-electron chi connectivity index (χ2n) is 5.98. The van der Waals surface area contributed by atoms with Crippen LogP contribution >= 0.6 is 11.6 Å². The number of halogens is 1. The number of ether oxygens (including phenoxy) is 2. The summed E-state index contributed by atoms with van der Waals surface area (Å²) in [5.74, 6) is 1.18. The first kappa shape index (κ1) is 17.3. The lowest BCUT2D eigenvalue weighted by molar-refractivity contribution is 0.356. The Balaban J connectivity index is 2.40. The molecule has 0 spiro atoms. The Labute approximate surface area is 151 Å². The van der Waals surface area contributed by atoms with E-state index in [1.165, 1.54) is 7.11 Å². The van der Waals surface area contributed by atoms with Crippen LogP contribution in [0, 0.1) is 11.3 Å². The first-order valence-corrected chi connectivity index (χ1v) is 8.26. The molecule has 1 atom stereocenters. The fourth-order valence-electron chi connectivity index (χ4n) is 3.33. The second-order valence-corrected chi connectivity index (χ2v) is 6.41. The zero-order valence-corrected chi connectivity index (χ0v) is 14.9. The van der Waals surface area contributed by atoms with E-state index < -0.39 is 0 Å². The van der Waals surface area contributed by atoms with Gasteiger partial charge in [0.1, 0.15) is 17.5 Å². The highest BCUT2D eigenvalue weighted by Crippen LogP contribution is 2.45. The molecule has 0 bridgehead atoms. The van der Waals surface area contributed by atoms with Crippen molar-refractivity contribution in [3.8, 4) is 28.7 Å². The molecule has 7 heteroatoms. The van der Waals surface area contributed by atoms with E-state index in [1.807, 2.05) is 0 Å². The van der Waals surface area contributed by atoms with Crippen molar-refractivity contribution in [3.63, 3.8) is 0 Å². The zero-order chi connectivity index (χ0) is 18.1. The van der Waals surface area contributed by atoms with E-state index >= 15 is 0 Å². The number of benzene rings is 1. The summed E-state index contributed by atoms with van der Waals surface area (Å²) in [7, 11) is 3.08. The van der Waals surface area contributed by atoms with Crippen LogP contribution in [0.5, 0.6) is 11.5 Å². The molecule has 3 rings (SSSR count). The highest BCUT2D eigenvalue weighted by atomic mass is 35.5. The quantitative estimate of drug-likeness (QED) is 0.873. The number of nitrogens with zero attached hydrogens (tertiary/aromatic N) is 2. The van der Waals surface area contributed by atoms with Crippen molar-refractivity contribution < 1.29 is 9.47 Å². The normalized spacial score (nSPS) is 16.0. The summed E-state index contributed by atoms with van der Waals surface area (Å²) in [6.45, 7) is 0. The van der Waals surface area contributed by atoms with Gasteiger partial charge in [-0.3, -0.25) is 0 Å². The molecule has 1 unspecified atom stereocenters. The summed E-state index contributed by atoms with van der Waals surface area (Å²) in [4.78, 5) is 4.42. The number of hydrogen-bond donors (Lipinski definition) is 2. The van der Waals surface area contributed by atoms with Crippen molar-refractivity contribution in [3.05, 3.63) is 34.0 Å². The maximum atomic E-state index is 9.68. The van der Waals surface area contributed by atoms with Crippen LogP contribution in [0.4, 0.5) is 5.82 Å². The van der Waals surface area contributed by atoms with Gasteiger partial charge in [0.15, 0.2) is 11.5 Å². The Hall–Kier alpha value is -2.49. The van der Waals surface area contributed by atoms with Crippen LogP contribution in [0.25, 0.3) is 11.1 Å². The summed E-state index contributed by atoms with van der Waals surface area (Å²) < 4.78 is 10.9. The molecule has 0 aliphatic heterocycles. The second kappa shape index (κ2) is 6.79. The van der Waals surface area contributed by atoms with Gasteiger partial charge in [-0.2, -0.15) is 5.26 Å². The molecule has 130 valence electrons. The van der Waals surface area contributed by atoms with Crippen LogP contribution < -0.4 is 20.9 Å². The number of methoxy groups -OCH3 is 2. The zero-order valence-electron chi connectivity index (χ0n) is 14.1. The van der Waals surface area contributed by atoms with Gasteiger partial charge < -0.3 is 20.9 Å². The molecule has 0 saturated carbocycles. The Morgan fingerprint density at radius 2 is 2.08 bits per heavy atom. The molecule has 1 heterocycles. The fourth-order valence-corrected chi connectivity index (χ4v) is 3.54. The van der Waals surface area contributed by atoms with E-state index in [4.69, 9.17) is 32.5 Å². The first-order chi connectivity index (χ1) is 12.0. The number of aromatic nitrogens is 1. The van der Waals surface area contributed by atoms with Gasteiger partial charge >= 0.3 is 0 Å². The van der Waals surface area contributed by atoms with Crippen LogP contribution in [-0.2, 0) is 12.8 Å². The molecule has 0 saturated heterocycles. The first-order valence-electron chi connectivity index (χ1n) is 7.88. The van der Waals surface area contributed by atoms with Crippen LogP contribution in [0.15, 0.2) is 12.1 Å². The fraction of sp³-hybridized carbons (Fsp3) is 0.333. The number of nitrogen functional groups attached to an aromatic ring is 1. The van der Waals surface area contributed by atoms with Gasteiger partial charge in [-0.25, -0.2) is 4.98 Å². The highest BCUT2D eigenvalue weighted by molar-refractivity contribution is 6.31. The molecular weight excluding hydrogens is 340 g/mol. The van der Waals surface area contributed by atoms with Gasteiger partial charge in [0.2, 0.25) is 0 Å². The van der Waals surface area contributed by atoms with E-state index in [-0.39, 0.29) is 11.9 Å². The SMILES string of the molecule is COc1cc(Cl)cc(-c2c(C#N)c(N)nc3c2CC(N)CC3)c1OC. The van der Waals surface area contributed by atoms with Crippen LogP contribution in [0.1, 0.15) is 23.2 Å². The maximum absolute atomic E-state index is 9.68. The van der Waals surface area contributed by atoms with Crippen molar-refractivity contribution in [2.45, 2.75) is 25.3 Å². The number of rotatable bonds is 3. The lowest BCUT2D eigenvalue weighted by Crippen LogP contribution is -2.29. The molecule has 0 amide bonds. The van der Waals surface area contributed by atoms with Crippen molar-refractivity contribution in [1.29, 1.82) is 5.26 Å². The van der Waals surface area contributed by atoms with E-state index in [1.54, 1.807) is 19.2 Å². The van der Waals surface area contributed by atoms with E-state index in [0.717, 1.165) is 24.1 Å². The van der Waals surface area contributed by atoms with Gasteiger partial charge in [0.25, 0.3) is 0 Å². The number of aryl methyl sites for hydroxylation is 1. The van der Waals surface area contributed by atoms with Gasteiger partial charge in [-0.1, -0.05) is 11.6 Å². The lowest BCUT2D eigenvalue weighted by atomic mass is 9.84. The summed E-state index contributed by atoms with van der Waals surface area (Å²) in [5.41, 5.74) is 15.6. The Kier molecular flexibility index (Phi) is 4.71. The van der Waals surface area contributed by atoms with Crippen LogP contribution in [-0.4, -0.2) is 25.2 Å². The smallest absolute Gasteiger partial charge is 0.168 e. The molecular formula is C18H19ClN4O2. The summed E-state index contributed by atoms with van der Waals surface area (Å²) in [5, 5.41) is 10.2. The largest absolute Gasteiger partial charge is 0.493 e. The van der Waals surface area contributed by atoms with E-state index in [0.29, 0.717) is 39.6 Å². The lowest BCUT2D eigenvalue weighted by Gasteiger charge is -2.26. The highest BCUT2D eigenvalue weighted by Gasteiger charge is 2.27. The number of nitrogens with two attached hydrogens (primary N) is 2. The molecule has 0 radical (unpaired) electrons. The molecule has 4 N–H and O–H groups in total. The molecule has 0 fully saturated rings. The van der Waals surface area contributed by atoms with Gasteiger partial charge in [0, 0.05) is 34.0 Å². The van der Waals surface area contributed by atoms with Gasteiger partial charge in [-0.05, 0) is 30.9 Å². The molecule has 1 aliphatic rings. The standard InChI is InChI=1S/C18H19ClN4O2/c1-24-15-6-9(19)5-12(17(15)25-2)16-11-7-10(21)3-4-14(11)23-18(22)13(16)8-20/h5-6,10H,3-4,7,21H2,1-2H3,(H2,22,23). The van der Waals surface area contributed by atoms with Gasteiger partial charge in [-0.15, -0.1) is 0 Å². The molecule has 6 nitrogen and oxygen atoms in total. The van der Waals surface area contributed by atoms with Crippen LogP contribution in [0.3, 0.4) is 0 Å². The Bertz CT molecular complexity index is 877. The maximum Gasteiger partial charge on any atom is 0.168 e. The minimum absolute atomic E-state index is 0.00953. The summed E-state index contributed by atoms with van der Waals surface area (Å²) >= 11 is 6.26. The predicted molar refractivity (Wildman–Crippen MR) is 96.9 cm³/mol. The van der Waals surface area contributed by atoms with Gasteiger partial charge in [0.05, 0.1) is 14.2 Å². The third-order valence-corrected chi connectivity index (χ3v) is 4.67. The average molecular weight is 359 g/mol. The molecule has 1 aromatic carbocycles. The number of nitriles is 1. The van der Waals surface area contributed by atoms with E-state index in [9.17, 15) is 5.26 Å². The van der Waals surface area contributed by atoms with Crippen molar-refractivity contribution in [1.82, 2.24) is 4.98 Å². The molecule has 1 aliphatic carbocycles. The van der Waals surface area contributed by atoms with Crippen molar-refractivity contribution in [2.24, 2.45) is 5.73 Å². The average Bonchev–Trinajstić information content (AvgIpc) is 2.60. The van der Waals surface area contributed by atoms with Crippen molar-refractivity contribution >= 4 is 17.4 Å².